The minimum atomic E-state index is 0.580. The molecule has 1 aromatic carbocycles. The third-order valence-corrected chi connectivity index (χ3v) is 3.33. The Hall–Kier alpha value is -1.88. The first-order chi connectivity index (χ1) is 9.72. The number of ether oxygens (including phenoxy) is 1. The highest BCUT2D eigenvalue weighted by molar-refractivity contribution is 5.55. The summed E-state index contributed by atoms with van der Waals surface area (Å²) in [5.74, 6) is 2.69. The van der Waals surface area contributed by atoms with Gasteiger partial charge in [-0.3, -0.25) is 0 Å². The number of hydrogen-bond donors (Lipinski definition) is 1. The van der Waals surface area contributed by atoms with Gasteiger partial charge in [0.05, 0.1) is 7.11 Å². The summed E-state index contributed by atoms with van der Waals surface area (Å²) in [5.41, 5.74) is 6.47. The van der Waals surface area contributed by atoms with Crippen molar-refractivity contribution in [2.75, 3.05) is 13.7 Å². The summed E-state index contributed by atoms with van der Waals surface area (Å²) in [4.78, 5) is 4.42. The van der Waals surface area contributed by atoms with E-state index in [2.05, 4.69) is 17.1 Å². The van der Waals surface area contributed by atoms with Gasteiger partial charge in [-0.15, -0.1) is 0 Å². The summed E-state index contributed by atoms with van der Waals surface area (Å²) in [7, 11) is 1.64. The topological polar surface area (TPSA) is 74.2 Å². The van der Waals surface area contributed by atoms with Crippen molar-refractivity contribution in [3.63, 3.8) is 0 Å². The van der Waals surface area contributed by atoms with Gasteiger partial charge in [-0.25, -0.2) is 0 Å². The van der Waals surface area contributed by atoms with Crippen LogP contribution in [0, 0.1) is 5.92 Å². The maximum atomic E-state index is 5.54. The summed E-state index contributed by atoms with van der Waals surface area (Å²) in [5, 5.41) is 4.01. The van der Waals surface area contributed by atoms with Gasteiger partial charge in [-0.1, -0.05) is 12.1 Å². The molecule has 1 atom stereocenters. The van der Waals surface area contributed by atoms with E-state index in [4.69, 9.17) is 15.0 Å². The normalized spacial score (nSPS) is 12.3. The van der Waals surface area contributed by atoms with E-state index in [0.717, 1.165) is 37.1 Å². The van der Waals surface area contributed by atoms with E-state index in [0.29, 0.717) is 17.6 Å². The van der Waals surface area contributed by atoms with Crippen molar-refractivity contribution in [2.45, 2.75) is 26.2 Å². The molecule has 0 aliphatic rings. The van der Waals surface area contributed by atoms with E-state index in [9.17, 15) is 0 Å². The van der Waals surface area contributed by atoms with E-state index in [1.807, 2.05) is 24.3 Å². The molecule has 0 aliphatic heterocycles. The van der Waals surface area contributed by atoms with Crippen LogP contribution in [0.4, 0.5) is 0 Å². The lowest BCUT2D eigenvalue weighted by Gasteiger charge is -2.06. The van der Waals surface area contributed by atoms with Crippen molar-refractivity contribution in [3.05, 3.63) is 30.2 Å². The molecule has 1 aromatic heterocycles. The maximum Gasteiger partial charge on any atom is 0.226 e. The first-order valence-corrected chi connectivity index (χ1v) is 6.90. The maximum absolute atomic E-state index is 5.54. The van der Waals surface area contributed by atoms with Crippen LogP contribution in [0.25, 0.3) is 11.4 Å². The van der Waals surface area contributed by atoms with E-state index >= 15 is 0 Å². The summed E-state index contributed by atoms with van der Waals surface area (Å²) in [6.07, 6.45) is 2.84. The second kappa shape index (κ2) is 7.05. The molecule has 0 saturated carbocycles. The highest BCUT2D eigenvalue weighted by Crippen LogP contribution is 2.20. The van der Waals surface area contributed by atoms with Crippen LogP contribution >= 0.6 is 0 Å². The Morgan fingerprint density at radius 2 is 2.00 bits per heavy atom. The van der Waals surface area contributed by atoms with Gasteiger partial charge < -0.3 is 15.0 Å². The minimum absolute atomic E-state index is 0.580. The fraction of sp³-hybridized carbons (Fsp3) is 0.467. The third-order valence-electron chi connectivity index (χ3n) is 3.33. The van der Waals surface area contributed by atoms with Gasteiger partial charge in [0, 0.05) is 12.0 Å². The molecule has 0 amide bonds. The standard InChI is InChI=1S/C15H21N3O2/c1-11(9-10-16)3-8-14-17-15(18-20-14)12-4-6-13(19-2)7-5-12/h4-7,11H,3,8-10,16H2,1-2H3. The molecule has 108 valence electrons. The number of aromatic nitrogens is 2. The second-order valence-corrected chi connectivity index (χ2v) is 4.96. The van der Waals surface area contributed by atoms with Crippen LogP contribution in [0.5, 0.6) is 5.75 Å². The highest BCUT2D eigenvalue weighted by Gasteiger charge is 2.10. The quantitative estimate of drug-likeness (QED) is 0.840. The summed E-state index contributed by atoms with van der Waals surface area (Å²) in [6, 6.07) is 7.61. The van der Waals surface area contributed by atoms with Gasteiger partial charge in [-0.2, -0.15) is 4.98 Å². The molecule has 0 bridgehead atoms. The number of aryl methyl sites for hydroxylation is 1. The highest BCUT2D eigenvalue weighted by atomic mass is 16.5. The number of nitrogens with zero attached hydrogens (tertiary/aromatic N) is 2. The average molecular weight is 275 g/mol. The zero-order chi connectivity index (χ0) is 14.4. The van der Waals surface area contributed by atoms with Crippen molar-refractivity contribution in [1.82, 2.24) is 10.1 Å². The van der Waals surface area contributed by atoms with Crippen LogP contribution in [0.2, 0.25) is 0 Å². The third kappa shape index (κ3) is 3.81. The lowest BCUT2D eigenvalue weighted by Crippen LogP contribution is -2.06. The largest absolute Gasteiger partial charge is 0.497 e. The van der Waals surface area contributed by atoms with E-state index in [-0.39, 0.29) is 0 Å². The van der Waals surface area contributed by atoms with Gasteiger partial charge in [0.25, 0.3) is 0 Å². The van der Waals surface area contributed by atoms with Gasteiger partial charge in [0.15, 0.2) is 0 Å². The molecule has 2 rings (SSSR count). The SMILES string of the molecule is COc1ccc(-c2noc(CCC(C)CCN)n2)cc1. The Labute approximate surface area is 119 Å². The number of rotatable bonds is 7. The Kier molecular flexibility index (Phi) is 5.12. The molecule has 1 heterocycles. The number of hydrogen-bond acceptors (Lipinski definition) is 5. The fourth-order valence-corrected chi connectivity index (χ4v) is 2.01. The van der Waals surface area contributed by atoms with Gasteiger partial charge >= 0.3 is 0 Å². The van der Waals surface area contributed by atoms with Crippen LogP contribution < -0.4 is 10.5 Å². The van der Waals surface area contributed by atoms with Crippen LogP contribution in [-0.4, -0.2) is 23.8 Å². The van der Waals surface area contributed by atoms with Gasteiger partial charge in [0.1, 0.15) is 5.75 Å². The molecule has 5 nitrogen and oxygen atoms in total. The van der Waals surface area contributed by atoms with Crippen LogP contribution in [0.15, 0.2) is 28.8 Å². The number of benzene rings is 1. The molecule has 5 heteroatoms. The number of nitrogens with two attached hydrogens (primary N) is 1. The molecule has 0 fully saturated rings. The van der Waals surface area contributed by atoms with Crippen molar-refractivity contribution in [3.8, 4) is 17.1 Å². The zero-order valence-corrected chi connectivity index (χ0v) is 12.0. The van der Waals surface area contributed by atoms with Gasteiger partial charge in [-0.05, 0) is 49.6 Å². The molecule has 0 aliphatic carbocycles. The Morgan fingerprint density at radius 1 is 1.25 bits per heavy atom. The van der Waals surface area contributed by atoms with Crippen LogP contribution in [-0.2, 0) is 6.42 Å². The van der Waals surface area contributed by atoms with Crippen LogP contribution in [0.1, 0.15) is 25.7 Å². The molecule has 2 N–H and O–H groups in total. The Morgan fingerprint density at radius 3 is 2.65 bits per heavy atom. The number of methoxy groups -OCH3 is 1. The lowest BCUT2D eigenvalue weighted by atomic mass is 10.0. The van der Waals surface area contributed by atoms with E-state index in [1.165, 1.54) is 0 Å². The first-order valence-electron chi connectivity index (χ1n) is 6.90. The average Bonchev–Trinajstić information content (AvgIpc) is 2.94. The fourth-order valence-electron chi connectivity index (χ4n) is 2.01. The summed E-state index contributed by atoms with van der Waals surface area (Å²) in [6.45, 7) is 2.91. The molecule has 2 aromatic rings. The van der Waals surface area contributed by atoms with Crippen LogP contribution in [0.3, 0.4) is 0 Å². The lowest BCUT2D eigenvalue weighted by molar-refractivity contribution is 0.362. The monoisotopic (exact) mass is 275 g/mol. The predicted octanol–water partition coefficient (Wildman–Crippen LogP) is 2.66. The van der Waals surface area contributed by atoms with E-state index < -0.39 is 0 Å². The molecule has 1 unspecified atom stereocenters. The minimum Gasteiger partial charge on any atom is -0.497 e. The molecule has 0 saturated heterocycles. The smallest absolute Gasteiger partial charge is 0.226 e. The van der Waals surface area contributed by atoms with Crippen molar-refractivity contribution < 1.29 is 9.26 Å². The summed E-state index contributed by atoms with van der Waals surface area (Å²) >= 11 is 0. The van der Waals surface area contributed by atoms with Crippen molar-refractivity contribution in [2.24, 2.45) is 11.7 Å². The molecule has 0 spiro atoms. The Balaban J connectivity index is 1.97. The molecule has 0 radical (unpaired) electrons. The zero-order valence-electron chi connectivity index (χ0n) is 12.0. The Bertz CT molecular complexity index is 522. The molecule has 20 heavy (non-hydrogen) atoms. The first kappa shape index (κ1) is 14.5. The van der Waals surface area contributed by atoms with Crippen molar-refractivity contribution in [1.29, 1.82) is 0 Å². The van der Waals surface area contributed by atoms with E-state index in [1.54, 1.807) is 7.11 Å². The van der Waals surface area contributed by atoms with Gasteiger partial charge in [0.2, 0.25) is 11.7 Å². The van der Waals surface area contributed by atoms with Crippen molar-refractivity contribution >= 4 is 0 Å². The molecular formula is C15H21N3O2. The summed E-state index contributed by atoms with van der Waals surface area (Å²) < 4.78 is 10.4. The molecular weight excluding hydrogens is 254 g/mol. The second-order valence-electron chi connectivity index (χ2n) is 4.96. The predicted molar refractivity (Wildman–Crippen MR) is 77.4 cm³/mol.